The van der Waals surface area contributed by atoms with E-state index in [9.17, 15) is 0 Å². The second kappa shape index (κ2) is 6.06. The Morgan fingerprint density at radius 3 is 2.90 bits per heavy atom. The van der Waals surface area contributed by atoms with Crippen molar-refractivity contribution in [3.05, 3.63) is 12.3 Å². The van der Waals surface area contributed by atoms with Crippen LogP contribution in [0, 0.1) is 11.8 Å². The zero-order valence-electron chi connectivity index (χ0n) is 6.39. The summed E-state index contributed by atoms with van der Waals surface area (Å²) in [5, 5.41) is 0. The van der Waals surface area contributed by atoms with Crippen molar-refractivity contribution < 1.29 is 0 Å². The molecular formula is C8H12N2. The van der Waals surface area contributed by atoms with Gasteiger partial charge in [0.15, 0.2) is 0 Å². The van der Waals surface area contributed by atoms with E-state index in [0.29, 0.717) is 6.54 Å². The van der Waals surface area contributed by atoms with Gasteiger partial charge in [-0.2, -0.15) is 0 Å². The summed E-state index contributed by atoms with van der Waals surface area (Å²) in [5.74, 6) is 5.51. The van der Waals surface area contributed by atoms with Crippen LogP contribution in [0.15, 0.2) is 17.3 Å². The number of hydrogen-bond donors (Lipinski definition) is 1. The van der Waals surface area contributed by atoms with Gasteiger partial charge >= 0.3 is 0 Å². The zero-order chi connectivity index (χ0) is 7.82. The maximum absolute atomic E-state index is 5.16. The molecule has 0 saturated carbocycles. The second-order valence-corrected chi connectivity index (χ2v) is 1.70. The Morgan fingerprint density at radius 1 is 1.70 bits per heavy atom. The van der Waals surface area contributed by atoms with Gasteiger partial charge in [-0.1, -0.05) is 17.9 Å². The average molecular weight is 136 g/mol. The minimum Gasteiger partial charge on any atom is -0.320 e. The molecular weight excluding hydrogens is 124 g/mol. The predicted octanol–water partition coefficient (Wildman–Crippen LogP) is 0.943. The number of rotatable bonds is 1. The summed E-state index contributed by atoms with van der Waals surface area (Å²) >= 11 is 0. The molecule has 0 aliphatic rings. The number of nitrogens with zero attached hydrogens (tertiary/aromatic N) is 1. The van der Waals surface area contributed by atoms with E-state index in [-0.39, 0.29) is 0 Å². The number of allylic oxidation sites excluding steroid dienone is 1. The van der Waals surface area contributed by atoms with Crippen molar-refractivity contribution in [2.24, 2.45) is 10.7 Å². The molecule has 0 aliphatic carbocycles. The van der Waals surface area contributed by atoms with E-state index in [1.807, 2.05) is 19.9 Å². The summed E-state index contributed by atoms with van der Waals surface area (Å²) < 4.78 is 0. The molecule has 2 heteroatoms. The van der Waals surface area contributed by atoms with E-state index in [0.717, 1.165) is 5.71 Å². The highest BCUT2D eigenvalue weighted by atomic mass is 14.7. The molecule has 0 aromatic rings. The molecule has 0 aliphatic heterocycles. The van der Waals surface area contributed by atoms with E-state index in [1.165, 1.54) is 0 Å². The van der Waals surface area contributed by atoms with Crippen molar-refractivity contribution in [3.8, 4) is 11.8 Å². The molecule has 0 bridgehead atoms. The van der Waals surface area contributed by atoms with Gasteiger partial charge in [0, 0.05) is 6.20 Å². The number of hydrogen-bond acceptors (Lipinski definition) is 2. The third kappa shape index (κ3) is 5.07. The van der Waals surface area contributed by atoms with Gasteiger partial charge in [0.05, 0.1) is 12.3 Å². The molecule has 0 heterocycles. The first-order chi connectivity index (χ1) is 4.81. The lowest BCUT2D eigenvalue weighted by atomic mass is 10.4. The Morgan fingerprint density at radius 2 is 2.40 bits per heavy atom. The highest BCUT2D eigenvalue weighted by Gasteiger charge is 1.75. The Bertz CT molecular complexity index is 191. The standard InChI is InChI=1S/C8H12N2/c1-3-7-10-8(2)5-4-6-9/h3,7H,6,9H2,1-2H3/b7-3-,10-8?. The van der Waals surface area contributed by atoms with Gasteiger partial charge in [-0.15, -0.1) is 0 Å². The third-order valence-corrected chi connectivity index (χ3v) is 0.789. The largest absolute Gasteiger partial charge is 0.320 e. The summed E-state index contributed by atoms with van der Waals surface area (Å²) in [4.78, 5) is 3.99. The third-order valence-electron chi connectivity index (χ3n) is 0.789. The molecule has 0 amide bonds. The zero-order valence-corrected chi connectivity index (χ0v) is 6.39. The molecule has 0 aromatic heterocycles. The second-order valence-electron chi connectivity index (χ2n) is 1.70. The highest BCUT2D eigenvalue weighted by Crippen LogP contribution is 1.77. The van der Waals surface area contributed by atoms with Gasteiger partial charge < -0.3 is 5.73 Å². The molecule has 0 saturated heterocycles. The van der Waals surface area contributed by atoms with E-state index >= 15 is 0 Å². The van der Waals surface area contributed by atoms with E-state index < -0.39 is 0 Å². The molecule has 0 radical (unpaired) electrons. The van der Waals surface area contributed by atoms with Crippen LogP contribution in [0.2, 0.25) is 0 Å². The number of nitrogens with two attached hydrogens (primary N) is 1. The summed E-state index contributed by atoms with van der Waals surface area (Å²) in [6.45, 7) is 4.15. The van der Waals surface area contributed by atoms with Crippen LogP contribution in [0.1, 0.15) is 13.8 Å². The first-order valence-corrected chi connectivity index (χ1v) is 3.15. The van der Waals surface area contributed by atoms with Crippen LogP contribution in [0.3, 0.4) is 0 Å². The number of aliphatic imine (C=N–C) groups is 1. The SMILES string of the molecule is C/C=C\N=C(C)C#CCN. The summed E-state index contributed by atoms with van der Waals surface area (Å²) in [6.07, 6.45) is 3.56. The maximum Gasteiger partial charge on any atom is 0.0868 e. The minimum atomic E-state index is 0.392. The Labute approximate surface area is 61.8 Å². The van der Waals surface area contributed by atoms with E-state index in [4.69, 9.17) is 5.73 Å². The van der Waals surface area contributed by atoms with Crippen molar-refractivity contribution in [2.45, 2.75) is 13.8 Å². The van der Waals surface area contributed by atoms with Crippen LogP contribution in [-0.4, -0.2) is 12.3 Å². The van der Waals surface area contributed by atoms with Crippen LogP contribution in [0.4, 0.5) is 0 Å². The molecule has 0 atom stereocenters. The first kappa shape index (κ1) is 8.93. The van der Waals surface area contributed by atoms with Gasteiger partial charge in [0.25, 0.3) is 0 Å². The lowest BCUT2D eigenvalue weighted by Gasteiger charge is -1.80. The van der Waals surface area contributed by atoms with Crippen molar-refractivity contribution in [2.75, 3.05) is 6.54 Å². The van der Waals surface area contributed by atoms with E-state index in [1.54, 1.807) is 6.20 Å². The van der Waals surface area contributed by atoms with Crippen LogP contribution < -0.4 is 5.73 Å². The fourth-order valence-corrected chi connectivity index (χ4v) is 0.398. The molecule has 0 rings (SSSR count). The minimum absolute atomic E-state index is 0.392. The molecule has 0 fully saturated rings. The Kier molecular flexibility index (Phi) is 5.41. The fourth-order valence-electron chi connectivity index (χ4n) is 0.398. The topological polar surface area (TPSA) is 38.4 Å². The van der Waals surface area contributed by atoms with Crippen LogP contribution in [-0.2, 0) is 0 Å². The quantitative estimate of drug-likeness (QED) is 0.423. The highest BCUT2D eigenvalue weighted by molar-refractivity contribution is 5.98. The monoisotopic (exact) mass is 136 g/mol. The van der Waals surface area contributed by atoms with Crippen molar-refractivity contribution in [3.63, 3.8) is 0 Å². The molecule has 0 spiro atoms. The lowest BCUT2D eigenvalue weighted by molar-refractivity contribution is 1.30. The Hall–Kier alpha value is -1.07. The molecule has 0 unspecified atom stereocenters. The molecule has 10 heavy (non-hydrogen) atoms. The van der Waals surface area contributed by atoms with Crippen LogP contribution in [0.5, 0.6) is 0 Å². The van der Waals surface area contributed by atoms with Crippen molar-refractivity contribution >= 4 is 5.71 Å². The van der Waals surface area contributed by atoms with E-state index in [2.05, 4.69) is 16.8 Å². The lowest BCUT2D eigenvalue weighted by Crippen LogP contribution is -1.94. The van der Waals surface area contributed by atoms with Gasteiger partial charge in [0.1, 0.15) is 0 Å². The first-order valence-electron chi connectivity index (χ1n) is 3.15. The summed E-state index contributed by atoms with van der Waals surface area (Å²) in [6, 6.07) is 0. The molecule has 2 N–H and O–H groups in total. The molecule has 0 aromatic carbocycles. The summed E-state index contributed by atoms with van der Waals surface area (Å²) in [7, 11) is 0. The van der Waals surface area contributed by atoms with Crippen molar-refractivity contribution in [1.82, 2.24) is 0 Å². The predicted molar refractivity (Wildman–Crippen MR) is 44.8 cm³/mol. The summed E-state index contributed by atoms with van der Waals surface area (Å²) in [5.41, 5.74) is 5.95. The van der Waals surface area contributed by atoms with Gasteiger partial charge in [-0.05, 0) is 13.8 Å². The van der Waals surface area contributed by atoms with Gasteiger partial charge in [-0.25, -0.2) is 0 Å². The van der Waals surface area contributed by atoms with Crippen LogP contribution >= 0.6 is 0 Å². The smallest absolute Gasteiger partial charge is 0.0868 e. The van der Waals surface area contributed by atoms with Gasteiger partial charge in [-0.3, -0.25) is 4.99 Å². The average Bonchev–Trinajstić information content (AvgIpc) is 1.97. The van der Waals surface area contributed by atoms with Crippen molar-refractivity contribution in [1.29, 1.82) is 0 Å². The fraction of sp³-hybridized carbons (Fsp3) is 0.375. The molecule has 2 nitrogen and oxygen atoms in total. The Balaban J connectivity index is 3.94. The maximum atomic E-state index is 5.16. The van der Waals surface area contributed by atoms with Crippen LogP contribution in [0.25, 0.3) is 0 Å². The van der Waals surface area contributed by atoms with Gasteiger partial charge in [0.2, 0.25) is 0 Å². The normalized spacial score (nSPS) is 11.3. The molecule has 54 valence electrons.